The summed E-state index contributed by atoms with van der Waals surface area (Å²) >= 11 is 0. The first-order valence-electron chi connectivity index (χ1n) is 7.09. The molecule has 0 radical (unpaired) electrons. The Kier molecular flexibility index (Phi) is 4.62. The van der Waals surface area contributed by atoms with Crippen LogP contribution in [-0.4, -0.2) is 11.9 Å². The fraction of sp³-hybridized carbons (Fsp3) is 0.500. The molecule has 1 aliphatic rings. The summed E-state index contributed by atoms with van der Waals surface area (Å²) in [4.78, 5) is 12.2. The van der Waals surface area contributed by atoms with Crippen molar-refractivity contribution >= 4 is 12.0 Å². The monoisotopic (exact) mass is 272 g/mol. The second kappa shape index (κ2) is 6.42. The fourth-order valence-corrected chi connectivity index (χ4v) is 2.60. The number of furan rings is 1. The van der Waals surface area contributed by atoms with E-state index in [4.69, 9.17) is 9.68 Å². The Bertz CT molecular complexity index is 551. The molecule has 0 bridgehead atoms. The highest BCUT2D eigenvalue weighted by Crippen LogP contribution is 2.24. The van der Waals surface area contributed by atoms with Gasteiger partial charge < -0.3 is 9.73 Å². The Balaban J connectivity index is 2.06. The number of nitrogens with one attached hydrogen (secondary N) is 1. The number of nitriles is 1. The van der Waals surface area contributed by atoms with Crippen LogP contribution in [-0.2, 0) is 4.79 Å². The number of hydrogen-bond donors (Lipinski definition) is 1. The number of carbonyl (C=O) groups is 1. The molecule has 1 N–H and O–H groups in total. The molecule has 1 amide bonds. The third-order valence-electron chi connectivity index (χ3n) is 3.84. The molecule has 1 heterocycles. The maximum atomic E-state index is 12.2. The van der Waals surface area contributed by atoms with Crippen molar-refractivity contribution in [3.63, 3.8) is 0 Å². The summed E-state index contributed by atoms with van der Waals surface area (Å²) in [6.45, 7) is 3.98. The minimum absolute atomic E-state index is 0.0946. The number of nitrogens with zero attached hydrogens (tertiary/aromatic N) is 1. The predicted octanol–water partition coefficient (Wildman–Crippen LogP) is 3.19. The molecule has 1 saturated carbocycles. The van der Waals surface area contributed by atoms with Crippen LogP contribution in [0.2, 0.25) is 0 Å². The van der Waals surface area contributed by atoms with Crippen molar-refractivity contribution in [2.75, 3.05) is 0 Å². The highest BCUT2D eigenvalue weighted by molar-refractivity contribution is 6.01. The molecule has 4 nitrogen and oxygen atoms in total. The normalized spacial score (nSPS) is 23.1. The number of hydrogen-bond acceptors (Lipinski definition) is 3. The van der Waals surface area contributed by atoms with E-state index in [9.17, 15) is 4.79 Å². The van der Waals surface area contributed by atoms with Crippen LogP contribution < -0.4 is 5.32 Å². The molecular weight excluding hydrogens is 252 g/mol. The van der Waals surface area contributed by atoms with Gasteiger partial charge in [-0.25, -0.2) is 0 Å². The van der Waals surface area contributed by atoms with Gasteiger partial charge >= 0.3 is 0 Å². The van der Waals surface area contributed by atoms with Gasteiger partial charge in [0.05, 0.1) is 0 Å². The van der Waals surface area contributed by atoms with Gasteiger partial charge in [-0.2, -0.15) is 5.26 Å². The van der Waals surface area contributed by atoms with E-state index >= 15 is 0 Å². The van der Waals surface area contributed by atoms with E-state index in [-0.39, 0.29) is 17.5 Å². The van der Waals surface area contributed by atoms with Crippen LogP contribution in [0.3, 0.4) is 0 Å². The predicted molar refractivity (Wildman–Crippen MR) is 76.6 cm³/mol. The molecule has 1 fully saturated rings. The van der Waals surface area contributed by atoms with Crippen LogP contribution in [0.25, 0.3) is 6.08 Å². The Morgan fingerprint density at radius 1 is 1.45 bits per heavy atom. The highest BCUT2D eigenvalue weighted by atomic mass is 16.3. The number of rotatable bonds is 3. The lowest BCUT2D eigenvalue weighted by molar-refractivity contribution is -0.118. The van der Waals surface area contributed by atoms with Crippen LogP contribution >= 0.6 is 0 Å². The molecule has 1 aliphatic carbocycles. The molecule has 0 saturated heterocycles. The van der Waals surface area contributed by atoms with Crippen LogP contribution in [0.1, 0.15) is 44.1 Å². The van der Waals surface area contributed by atoms with Gasteiger partial charge in [0.15, 0.2) is 0 Å². The Hall–Kier alpha value is -2.02. The standard InChI is InChI=1S/C16H20N2O2/c1-11-5-3-4-6-15(11)18-16(19)13(10-17)9-14-8-7-12(2)20-14/h7-9,11,15H,3-6H2,1-2H3,(H,18,19)/b13-9+. The zero-order valence-corrected chi connectivity index (χ0v) is 12.0. The molecule has 0 aromatic carbocycles. The first kappa shape index (κ1) is 14.4. The molecule has 2 unspecified atom stereocenters. The zero-order valence-electron chi connectivity index (χ0n) is 12.0. The minimum atomic E-state index is -0.305. The molecule has 2 rings (SSSR count). The van der Waals surface area contributed by atoms with E-state index < -0.39 is 0 Å². The molecule has 4 heteroatoms. The molecule has 1 aromatic rings. The van der Waals surface area contributed by atoms with Gasteiger partial charge in [-0.15, -0.1) is 0 Å². The molecule has 2 atom stereocenters. The first-order valence-corrected chi connectivity index (χ1v) is 7.09. The van der Waals surface area contributed by atoms with E-state index in [2.05, 4.69) is 12.2 Å². The van der Waals surface area contributed by atoms with Crippen molar-refractivity contribution in [1.82, 2.24) is 5.32 Å². The Morgan fingerprint density at radius 3 is 2.80 bits per heavy atom. The molecule has 0 spiro atoms. The average molecular weight is 272 g/mol. The second-order valence-electron chi connectivity index (χ2n) is 5.46. The van der Waals surface area contributed by atoms with Crippen molar-refractivity contribution in [3.05, 3.63) is 29.2 Å². The summed E-state index contributed by atoms with van der Waals surface area (Å²) in [6.07, 6.45) is 5.98. The van der Waals surface area contributed by atoms with E-state index in [0.29, 0.717) is 11.7 Å². The summed E-state index contributed by atoms with van der Waals surface area (Å²) < 4.78 is 5.37. The summed E-state index contributed by atoms with van der Waals surface area (Å²) in [5.74, 6) is 1.46. The third-order valence-corrected chi connectivity index (χ3v) is 3.84. The van der Waals surface area contributed by atoms with Gasteiger partial charge in [0.25, 0.3) is 5.91 Å². The van der Waals surface area contributed by atoms with Gasteiger partial charge in [0.1, 0.15) is 23.2 Å². The van der Waals surface area contributed by atoms with Gasteiger partial charge in [0, 0.05) is 12.1 Å². The number of amides is 1. The first-order chi connectivity index (χ1) is 9.60. The summed E-state index contributed by atoms with van der Waals surface area (Å²) in [5.41, 5.74) is 0.0946. The van der Waals surface area contributed by atoms with Crippen LogP contribution in [0.5, 0.6) is 0 Å². The number of carbonyl (C=O) groups excluding carboxylic acids is 1. The number of aryl methyl sites for hydroxylation is 1. The van der Waals surface area contributed by atoms with Crippen LogP contribution in [0, 0.1) is 24.2 Å². The lowest BCUT2D eigenvalue weighted by atomic mass is 9.86. The smallest absolute Gasteiger partial charge is 0.262 e. The van der Waals surface area contributed by atoms with Crippen molar-refractivity contribution < 1.29 is 9.21 Å². The van der Waals surface area contributed by atoms with E-state index in [0.717, 1.165) is 25.0 Å². The minimum Gasteiger partial charge on any atom is -0.462 e. The SMILES string of the molecule is Cc1ccc(/C=C(\C#N)C(=O)NC2CCCCC2C)o1. The van der Waals surface area contributed by atoms with Crippen molar-refractivity contribution in [3.8, 4) is 6.07 Å². The molecule has 20 heavy (non-hydrogen) atoms. The van der Waals surface area contributed by atoms with E-state index in [1.807, 2.05) is 19.1 Å². The quantitative estimate of drug-likeness (QED) is 0.678. The fourth-order valence-electron chi connectivity index (χ4n) is 2.60. The maximum absolute atomic E-state index is 12.2. The van der Waals surface area contributed by atoms with Gasteiger partial charge in [-0.1, -0.05) is 19.8 Å². The van der Waals surface area contributed by atoms with Gasteiger partial charge in [-0.3, -0.25) is 4.79 Å². The van der Waals surface area contributed by atoms with Gasteiger partial charge in [-0.05, 0) is 37.8 Å². The van der Waals surface area contributed by atoms with Crippen LogP contribution in [0.4, 0.5) is 0 Å². The molecule has 1 aromatic heterocycles. The van der Waals surface area contributed by atoms with Gasteiger partial charge in [0.2, 0.25) is 0 Å². The third kappa shape index (κ3) is 3.51. The molecule has 106 valence electrons. The lowest BCUT2D eigenvalue weighted by Crippen LogP contribution is -2.41. The molecule has 0 aliphatic heterocycles. The largest absolute Gasteiger partial charge is 0.462 e. The Morgan fingerprint density at radius 2 is 2.20 bits per heavy atom. The lowest BCUT2D eigenvalue weighted by Gasteiger charge is -2.29. The van der Waals surface area contributed by atoms with E-state index in [1.54, 1.807) is 6.07 Å². The molecular formula is C16H20N2O2. The summed E-state index contributed by atoms with van der Waals surface area (Å²) in [7, 11) is 0. The Labute approximate surface area is 119 Å². The van der Waals surface area contributed by atoms with Crippen molar-refractivity contribution in [2.24, 2.45) is 5.92 Å². The average Bonchev–Trinajstić information content (AvgIpc) is 2.84. The van der Waals surface area contributed by atoms with Crippen molar-refractivity contribution in [1.29, 1.82) is 5.26 Å². The summed E-state index contributed by atoms with van der Waals surface area (Å²) in [5, 5.41) is 12.1. The second-order valence-corrected chi connectivity index (χ2v) is 5.46. The van der Waals surface area contributed by atoms with E-state index in [1.165, 1.54) is 12.5 Å². The zero-order chi connectivity index (χ0) is 14.5. The summed E-state index contributed by atoms with van der Waals surface area (Å²) in [6, 6.07) is 5.69. The van der Waals surface area contributed by atoms with Crippen molar-refractivity contribution in [2.45, 2.75) is 45.6 Å². The topological polar surface area (TPSA) is 66.0 Å². The highest BCUT2D eigenvalue weighted by Gasteiger charge is 2.24. The maximum Gasteiger partial charge on any atom is 0.262 e. The van der Waals surface area contributed by atoms with Crippen LogP contribution in [0.15, 0.2) is 22.1 Å².